The number of rotatable bonds is 3. The lowest BCUT2D eigenvalue weighted by atomic mass is 10.2. The molecular formula is C20H26F3N3O4. The smallest absolute Gasteiger partial charge is 0.416 e. The lowest BCUT2D eigenvalue weighted by Gasteiger charge is -2.30. The van der Waals surface area contributed by atoms with Gasteiger partial charge in [-0.05, 0) is 39.7 Å². The number of nitrogens with zero attached hydrogens (tertiary/aromatic N) is 3. The minimum Gasteiger partial charge on any atom is -0.472 e. The van der Waals surface area contributed by atoms with Crippen LogP contribution in [-0.4, -0.2) is 64.2 Å². The van der Waals surface area contributed by atoms with Crippen LogP contribution in [0.4, 0.5) is 18.0 Å². The molecule has 0 saturated carbocycles. The summed E-state index contributed by atoms with van der Waals surface area (Å²) in [6.07, 6.45) is -2.67. The highest BCUT2D eigenvalue weighted by molar-refractivity contribution is 5.86. The van der Waals surface area contributed by atoms with E-state index in [4.69, 9.17) is 9.47 Å². The molecule has 0 aliphatic carbocycles. The molecule has 1 aromatic heterocycles. The molecule has 2 fully saturated rings. The van der Waals surface area contributed by atoms with Crippen LogP contribution in [0.2, 0.25) is 0 Å². The second kappa shape index (κ2) is 8.31. The Morgan fingerprint density at radius 1 is 1.17 bits per heavy atom. The summed E-state index contributed by atoms with van der Waals surface area (Å²) in [5.41, 5.74) is -1.49. The van der Waals surface area contributed by atoms with E-state index in [2.05, 4.69) is 4.98 Å². The average molecular weight is 429 g/mol. The monoisotopic (exact) mass is 429 g/mol. The van der Waals surface area contributed by atoms with Crippen molar-refractivity contribution < 1.29 is 32.2 Å². The Morgan fingerprint density at radius 3 is 2.57 bits per heavy atom. The van der Waals surface area contributed by atoms with Gasteiger partial charge in [-0.3, -0.25) is 9.69 Å². The van der Waals surface area contributed by atoms with Crippen molar-refractivity contribution in [3.8, 4) is 5.88 Å². The number of ether oxygens (including phenoxy) is 2. The molecule has 0 aromatic carbocycles. The maximum Gasteiger partial charge on any atom is 0.416 e. The third-order valence-corrected chi connectivity index (χ3v) is 4.97. The van der Waals surface area contributed by atoms with Gasteiger partial charge in [0.25, 0.3) is 0 Å². The Labute approximate surface area is 173 Å². The molecule has 0 bridgehead atoms. The first-order valence-corrected chi connectivity index (χ1v) is 9.92. The fraction of sp³-hybridized carbons (Fsp3) is 0.650. The zero-order valence-electron chi connectivity index (χ0n) is 17.2. The standard InChI is InChI=1S/C20H26F3N3O4/c1-19(2,3)30-18(28)26-9-4-5-15(26)17(27)25-10-7-14(12-25)29-16-11-13(6-8-24-16)20(21,22)23/h6,8,11,14-15H,4-5,7,9-10,12H2,1-3H3. The molecule has 3 heterocycles. The van der Waals surface area contributed by atoms with Crippen molar-refractivity contribution in [1.29, 1.82) is 0 Å². The fourth-order valence-corrected chi connectivity index (χ4v) is 3.62. The summed E-state index contributed by atoms with van der Waals surface area (Å²) < 4.78 is 49.5. The first-order chi connectivity index (χ1) is 13.9. The Morgan fingerprint density at radius 2 is 1.90 bits per heavy atom. The number of amides is 2. The highest BCUT2D eigenvalue weighted by Gasteiger charge is 2.41. The van der Waals surface area contributed by atoms with E-state index in [0.717, 1.165) is 18.3 Å². The van der Waals surface area contributed by atoms with Crippen LogP contribution in [0.3, 0.4) is 0 Å². The first kappa shape index (κ1) is 22.2. The van der Waals surface area contributed by atoms with Crippen LogP contribution in [0.5, 0.6) is 5.88 Å². The largest absolute Gasteiger partial charge is 0.472 e. The van der Waals surface area contributed by atoms with Crippen molar-refractivity contribution in [3.05, 3.63) is 23.9 Å². The Bertz CT molecular complexity index is 794. The molecule has 3 rings (SSSR count). The van der Waals surface area contributed by atoms with E-state index >= 15 is 0 Å². The van der Waals surface area contributed by atoms with Crippen LogP contribution in [0, 0.1) is 0 Å². The van der Waals surface area contributed by atoms with Crippen LogP contribution in [0.15, 0.2) is 18.3 Å². The normalized spacial score (nSPS) is 22.3. The summed E-state index contributed by atoms with van der Waals surface area (Å²) in [4.78, 5) is 32.3. The molecule has 2 aliphatic heterocycles. The lowest BCUT2D eigenvalue weighted by Crippen LogP contribution is -2.48. The predicted octanol–water partition coefficient (Wildman–Crippen LogP) is 3.48. The minimum atomic E-state index is -4.48. The minimum absolute atomic E-state index is 0.125. The third-order valence-electron chi connectivity index (χ3n) is 4.97. The zero-order valence-corrected chi connectivity index (χ0v) is 17.2. The first-order valence-electron chi connectivity index (χ1n) is 9.92. The number of carbonyl (C=O) groups excluding carboxylic acids is 2. The van der Waals surface area contributed by atoms with E-state index in [1.807, 2.05) is 0 Å². The summed E-state index contributed by atoms with van der Waals surface area (Å²) in [6, 6.07) is 1.14. The molecule has 10 heteroatoms. The second-order valence-electron chi connectivity index (χ2n) is 8.53. The molecule has 0 N–H and O–H groups in total. The molecule has 0 spiro atoms. The Kier molecular flexibility index (Phi) is 6.14. The molecular weight excluding hydrogens is 403 g/mol. The maximum absolute atomic E-state index is 13.0. The average Bonchev–Trinajstić information content (AvgIpc) is 3.28. The van der Waals surface area contributed by atoms with Gasteiger partial charge in [-0.15, -0.1) is 0 Å². The van der Waals surface area contributed by atoms with Crippen molar-refractivity contribution in [3.63, 3.8) is 0 Å². The van der Waals surface area contributed by atoms with E-state index in [0.29, 0.717) is 32.4 Å². The van der Waals surface area contributed by atoms with E-state index < -0.39 is 35.6 Å². The third kappa shape index (κ3) is 5.34. The van der Waals surface area contributed by atoms with Gasteiger partial charge in [0.1, 0.15) is 17.7 Å². The van der Waals surface area contributed by atoms with Gasteiger partial charge in [0, 0.05) is 31.8 Å². The van der Waals surface area contributed by atoms with Crippen LogP contribution in [0.1, 0.15) is 45.6 Å². The van der Waals surface area contributed by atoms with Gasteiger partial charge in [-0.1, -0.05) is 0 Å². The molecule has 30 heavy (non-hydrogen) atoms. The van der Waals surface area contributed by atoms with Gasteiger partial charge in [0.2, 0.25) is 11.8 Å². The maximum atomic E-state index is 13.0. The highest BCUT2D eigenvalue weighted by Crippen LogP contribution is 2.31. The molecule has 2 atom stereocenters. The number of likely N-dealkylation sites (tertiary alicyclic amines) is 2. The van der Waals surface area contributed by atoms with Crippen molar-refractivity contribution in [2.75, 3.05) is 19.6 Å². The zero-order chi connectivity index (χ0) is 22.1. The molecule has 2 unspecified atom stereocenters. The van der Waals surface area contributed by atoms with Crippen molar-refractivity contribution in [2.45, 2.75) is 64.0 Å². The summed E-state index contributed by atoms with van der Waals surface area (Å²) in [7, 11) is 0. The summed E-state index contributed by atoms with van der Waals surface area (Å²) in [5, 5.41) is 0. The molecule has 2 amide bonds. The Hall–Kier alpha value is -2.52. The van der Waals surface area contributed by atoms with Crippen molar-refractivity contribution in [1.82, 2.24) is 14.8 Å². The summed E-state index contributed by atoms with van der Waals surface area (Å²) in [6.45, 7) is 6.38. The number of pyridine rings is 1. The molecule has 2 aliphatic rings. The molecule has 7 nitrogen and oxygen atoms in total. The van der Waals surface area contributed by atoms with Gasteiger partial charge in [-0.2, -0.15) is 13.2 Å². The van der Waals surface area contributed by atoms with E-state index in [1.165, 1.54) is 4.90 Å². The van der Waals surface area contributed by atoms with Crippen LogP contribution < -0.4 is 4.74 Å². The van der Waals surface area contributed by atoms with Gasteiger partial charge >= 0.3 is 12.3 Å². The van der Waals surface area contributed by atoms with E-state index in [-0.39, 0.29) is 18.3 Å². The fourth-order valence-electron chi connectivity index (χ4n) is 3.62. The lowest BCUT2D eigenvalue weighted by molar-refractivity contribution is -0.137. The van der Waals surface area contributed by atoms with Gasteiger partial charge < -0.3 is 14.4 Å². The quantitative estimate of drug-likeness (QED) is 0.736. The Balaban J connectivity index is 1.60. The van der Waals surface area contributed by atoms with Gasteiger partial charge in [-0.25, -0.2) is 9.78 Å². The predicted molar refractivity (Wildman–Crippen MR) is 101 cm³/mol. The number of hydrogen-bond acceptors (Lipinski definition) is 5. The van der Waals surface area contributed by atoms with Gasteiger partial charge in [0.05, 0.1) is 12.1 Å². The second-order valence-corrected chi connectivity index (χ2v) is 8.53. The SMILES string of the molecule is CC(C)(C)OC(=O)N1CCCC1C(=O)N1CCC(Oc2cc(C(F)(F)F)ccn2)C1. The molecule has 2 saturated heterocycles. The molecule has 166 valence electrons. The number of aromatic nitrogens is 1. The highest BCUT2D eigenvalue weighted by atomic mass is 19.4. The van der Waals surface area contributed by atoms with E-state index in [1.54, 1.807) is 25.7 Å². The molecule has 1 aromatic rings. The van der Waals surface area contributed by atoms with Gasteiger partial charge in [0.15, 0.2) is 0 Å². The number of alkyl halides is 3. The summed E-state index contributed by atoms with van der Waals surface area (Å²) >= 11 is 0. The number of hydrogen-bond donors (Lipinski definition) is 0. The number of halogens is 3. The van der Waals surface area contributed by atoms with Crippen LogP contribution >= 0.6 is 0 Å². The van der Waals surface area contributed by atoms with Crippen LogP contribution in [0.25, 0.3) is 0 Å². The van der Waals surface area contributed by atoms with Crippen LogP contribution in [-0.2, 0) is 15.7 Å². The van der Waals surface area contributed by atoms with Crippen molar-refractivity contribution in [2.24, 2.45) is 0 Å². The summed E-state index contributed by atoms with van der Waals surface area (Å²) in [5.74, 6) is -0.318. The van der Waals surface area contributed by atoms with Crippen molar-refractivity contribution >= 4 is 12.0 Å². The molecule has 0 radical (unpaired) electrons. The van der Waals surface area contributed by atoms with E-state index in [9.17, 15) is 22.8 Å². The topological polar surface area (TPSA) is 72.0 Å². The number of carbonyl (C=O) groups is 2.